The van der Waals surface area contributed by atoms with Crippen LogP contribution < -0.4 is 26.0 Å². The average molecular weight is 850 g/mol. The molecule has 1 unspecified atom stereocenters. The number of carbonyl (C=O) groups excluding carboxylic acids is 3. The number of hydrogen-bond donors (Lipinski definition) is 3. The third-order valence-electron chi connectivity index (χ3n) is 14.5. The van der Waals surface area contributed by atoms with Crippen molar-refractivity contribution in [1.82, 2.24) is 39.4 Å². The van der Waals surface area contributed by atoms with Crippen LogP contribution in [0.2, 0.25) is 0 Å². The molecule has 3 N–H and O–H groups in total. The molecule has 2 aromatic carbocycles. The predicted molar refractivity (Wildman–Crippen MR) is 237 cm³/mol. The first-order valence-electron chi connectivity index (χ1n) is 22.2. The summed E-state index contributed by atoms with van der Waals surface area (Å²) >= 11 is 0. The van der Waals surface area contributed by atoms with Gasteiger partial charge in [-0.15, -0.1) is 6.58 Å². The van der Waals surface area contributed by atoms with Crippen molar-refractivity contribution in [3.05, 3.63) is 106 Å². The summed E-state index contributed by atoms with van der Waals surface area (Å²) in [4.78, 5) is 74.6. The van der Waals surface area contributed by atoms with E-state index in [9.17, 15) is 24.3 Å². The lowest BCUT2D eigenvalue weighted by atomic mass is 9.71. The number of hydrogen-bond acceptors (Lipinski definition) is 12. The Morgan fingerprint density at radius 1 is 0.937 bits per heavy atom. The smallest absolute Gasteiger partial charge is 0.278 e. The van der Waals surface area contributed by atoms with Crippen LogP contribution in [0, 0.1) is 5.41 Å². The Morgan fingerprint density at radius 3 is 2.48 bits per heavy atom. The molecular formula is C47H51N11O5. The number of pyridine rings is 1. The fourth-order valence-corrected chi connectivity index (χ4v) is 11.1. The highest BCUT2D eigenvalue weighted by molar-refractivity contribution is 6.06. The van der Waals surface area contributed by atoms with Gasteiger partial charge in [-0.2, -0.15) is 4.98 Å². The summed E-state index contributed by atoms with van der Waals surface area (Å²) < 4.78 is 3.25. The van der Waals surface area contributed by atoms with Gasteiger partial charge in [0, 0.05) is 98.1 Å². The zero-order chi connectivity index (χ0) is 43.2. The number of nitrogens with zero attached hydrogens (tertiary/aromatic N) is 9. The number of nitrogens with one attached hydrogen (secondary N) is 2. The summed E-state index contributed by atoms with van der Waals surface area (Å²) in [5.74, 6) is 0.0706. The van der Waals surface area contributed by atoms with Gasteiger partial charge in [0.05, 0.1) is 12.2 Å². The Kier molecular flexibility index (Phi) is 9.31. The number of amides is 3. The molecule has 324 valence electrons. The number of benzene rings is 2. The van der Waals surface area contributed by atoms with E-state index in [1.807, 2.05) is 43.3 Å². The van der Waals surface area contributed by atoms with Crippen molar-refractivity contribution >= 4 is 51.8 Å². The van der Waals surface area contributed by atoms with Crippen molar-refractivity contribution in [2.45, 2.75) is 82.6 Å². The summed E-state index contributed by atoms with van der Waals surface area (Å²) in [5.41, 5.74) is 5.91. The maximum absolute atomic E-state index is 13.5. The fourth-order valence-electron chi connectivity index (χ4n) is 11.1. The molecule has 1 aliphatic carbocycles. The number of aryl methyl sites for hydroxylation is 1. The van der Waals surface area contributed by atoms with Crippen LogP contribution in [0.25, 0.3) is 16.9 Å². The van der Waals surface area contributed by atoms with Crippen LogP contribution in [-0.4, -0.2) is 108 Å². The zero-order valence-corrected chi connectivity index (χ0v) is 35.4. The van der Waals surface area contributed by atoms with E-state index in [0.29, 0.717) is 71.3 Å². The van der Waals surface area contributed by atoms with Gasteiger partial charge in [0.25, 0.3) is 11.5 Å². The normalized spacial score (nSPS) is 23.2. The molecule has 63 heavy (non-hydrogen) atoms. The van der Waals surface area contributed by atoms with Crippen LogP contribution in [-0.2, 0) is 34.7 Å². The second kappa shape index (κ2) is 14.9. The summed E-state index contributed by atoms with van der Waals surface area (Å²) in [6, 6.07) is 18.0. The van der Waals surface area contributed by atoms with Crippen LogP contribution in [0.1, 0.15) is 72.6 Å². The molecule has 4 saturated heterocycles. The SMILES string of the molecule is C=CCn1c(=O)c2cnc(Nc3ccc(N4CC5(C4)CN(C4CCN(c6cccc7c6CN(C6CCC(=O)NC6=O)C7=O)CC4)C5)cc3)nc2n1-c1ccc2c(n1)[C@@](O)(CC)CC2. The van der Waals surface area contributed by atoms with Gasteiger partial charge in [-0.05, 0) is 86.6 Å². The number of piperidine rings is 2. The highest BCUT2D eigenvalue weighted by atomic mass is 16.3. The summed E-state index contributed by atoms with van der Waals surface area (Å²) in [6.07, 6.45) is 7.88. The molecule has 1 spiro atoms. The molecule has 11 rings (SSSR count). The quantitative estimate of drug-likeness (QED) is 0.136. The summed E-state index contributed by atoms with van der Waals surface area (Å²) in [5, 5.41) is 17.4. The number of likely N-dealkylation sites (tertiary alicyclic amines) is 1. The minimum absolute atomic E-state index is 0.130. The molecule has 0 saturated carbocycles. The standard InChI is InChI=1S/C47H51N11O5/c1-3-20-57-44(62)34-23-48-45(52-41(34)58(57)38-14-8-29-16-19-47(63,4-2)40(29)50-38)49-30-9-11-31(12-10-30)54-25-46(26-54)27-55(28-46)32-17-21-53(22-18-32)36-7-5-6-33-35(36)24-56(43(33)61)37-13-15-39(59)51-42(37)60/h3,5-12,14,23,32,37,63H,1,4,13,15-22,24-28H2,2H3,(H,48,49,52)(H,51,59,60)/t37?,47-/m1/s1. The van der Waals surface area contributed by atoms with Crippen molar-refractivity contribution < 1.29 is 19.5 Å². The second-order valence-electron chi connectivity index (χ2n) is 18.3. The number of anilines is 4. The van der Waals surface area contributed by atoms with E-state index >= 15 is 0 Å². The minimum atomic E-state index is -0.996. The molecule has 5 aliphatic heterocycles. The average Bonchev–Trinajstić information content (AvgIpc) is 3.88. The number of imide groups is 1. The largest absolute Gasteiger partial charge is 0.384 e. The van der Waals surface area contributed by atoms with Gasteiger partial charge in [-0.1, -0.05) is 25.1 Å². The maximum atomic E-state index is 13.5. The van der Waals surface area contributed by atoms with Crippen molar-refractivity contribution in [1.29, 1.82) is 0 Å². The molecule has 0 radical (unpaired) electrons. The third kappa shape index (κ3) is 6.52. The highest BCUT2D eigenvalue weighted by Gasteiger charge is 2.53. The van der Waals surface area contributed by atoms with Gasteiger partial charge in [0.1, 0.15) is 17.0 Å². The lowest BCUT2D eigenvalue weighted by molar-refractivity contribution is -0.136. The second-order valence-corrected chi connectivity index (χ2v) is 18.3. The lowest BCUT2D eigenvalue weighted by Crippen LogP contribution is -2.74. The van der Waals surface area contributed by atoms with E-state index in [4.69, 9.17) is 9.97 Å². The van der Waals surface area contributed by atoms with E-state index in [-0.39, 0.29) is 36.2 Å². The summed E-state index contributed by atoms with van der Waals surface area (Å²) in [7, 11) is 0. The monoisotopic (exact) mass is 849 g/mol. The molecule has 3 amide bonds. The van der Waals surface area contributed by atoms with E-state index in [1.54, 1.807) is 26.5 Å². The van der Waals surface area contributed by atoms with Crippen LogP contribution in [0.3, 0.4) is 0 Å². The number of carbonyl (C=O) groups is 3. The van der Waals surface area contributed by atoms with Crippen molar-refractivity contribution in [3.8, 4) is 5.82 Å². The highest BCUT2D eigenvalue weighted by Crippen LogP contribution is 2.45. The van der Waals surface area contributed by atoms with Gasteiger partial charge >= 0.3 is 0 Å². The van der Waals surface area contributed by atoms with Crippen LogP contribution >= 0.6 is 0 Å². The minimum Gasteiger partial charge on any atom is -0.384 e. The molecule has 5 aromatic rings. The van der Waals surface area contributed by atoms with Crippen LogP contribution in [0.15, 0.2) is 78.2 Å². The Labute approximate surface area is 364 Å². The van der Waals surface area contributed by atoms with Crippen molar-refractivity contribution in [3.63, 3.8) is 0 Å². The van der Waals surface area contributed by atoms with Gasteiger partial charge in [-0.25, -0.2) is 19.3 Å². The van der Waals surface area contributed by atoms with Crippen LogP contribution in [0.4, 0.5) is 23.0 Å². The maximum Gasteiger partial charge on any atom is 0.278 e. The van der Waals surface area contributed by atoms with E-state index in [2.05, 4.69) is 55.1 Å². The first kappa shape index (κ1) is 39.5. The van der Waals surface area contributed by atoms with Crippen molar-refractivity contribution in [2.24, 2.45) is 5.41 Å². The number of allylic oxidation sites excluding steroid dienone is 1. The van der Waals surface area contributed by atoms with Gasteiger partial charge in [0.15, 0.2) is 11.5 Å². The number of aliphatic hydroxyl groups is 1. The van der Waals surface area contributed by atoms with Gasteiger partial charge < -0.3 is 25.1 Å². The molecule has 16 nitrogen and oxygen atoms in total. The fraction of sp³-hybridized carbons (Fsp3) is 0.426. The van der Waals surface area contributed by atoms with Gasteiger partial charge in [-0.3, -0.25) is 29.4 Å². The molecule has 3 aromatic heterocycles. The van der Waals surface area contributed by atoms with Crippen LogP contribution in [0.5, 0.6) is 0 Å². The number of rotatable bonds is 10. The first-order chi connectivity index (χ1) is 30.5. The lowest BCUT2D eigenvalue weighted by Gasteiger charge is -2.63. The van der Waals surface area contributed by atoms with E-state index in [0.717, 1.165) is 81.0 Å². The Bertz CT molecular complexity index is 2760. The molecule has 6 aliphatic rings. The Hall–Kier alpha value is -6.39. The predicted octanol–water partition coefficient (Wildman–Crippen LogP) is 4.00. The molecular weight excluding hydrogens is 799 g/mol. The molecule has 2 atom stereocenters. The van der Waals surface area contributed by atoms with E-state index < -0.39 is 11.6 Å². The Morgan fingerprint density at radius 2 is 1.73 bits per heavy atom. The molecule has 16 heteroatoms. The number of fused-ring (bicyclic) bond motifs is 3. The zero-order valence-electron chi connectivity index (χ0n) is 35.4. The molecule has 0 bridgehead atoms. The van der Waals surface area contributed by atoms with Crippen molar-refractivity contribution in [2.75, 3.05) is 54.4 Å². The summed E-state index contributed by atoms with van der Waals surface area (Å²) in [6.45, 7) is 12.5. The number of aromatic nitrogens is 5. The third-order valence-corrected chi connectivity index (χ3v) is 14.5. The van der Waals surface area contributed by atoms with E-state index in [1.165, 1.54) is 5.69 Å². The van der Waals surface area contributed by atoms with Gasteiger partial charge in [0.2, 0.25) is 17.8 Å². The molecule has 8 heterocycles. The molecule has 4 fully saturated rings. The first-order valence-corrected chi connectivity index (χ1v) is 22.2. The Balaban J connectivity index is 0.703. The topological polar surface area (TPSA) is 174 Å².